The smallest absolute Gasteiger partial charge is 0.271 e. The molecule has 1 heterocycles. The highest BCUT2D eigenvalue weighted by Gasteiger charge is 2.34. The summed E-state index contributed by atoms with van der Waals surface area (Å²) in [6.07, 6.45) is 7.19. The van der Waals surface area contributed by atoms with Crippen molar-refractivity contribution in [3.8, 4) is 0 Å². The molecule has 0 unspecified atom stereocenters. The lowest BCUT2D eigenvalue weighted by Gasteiger charge is -2.20. The van der Waals surface area contributed by atoms with E-state index in [-0.39, 0.29) is 16.8 Å². The van der Waals surface area contributed by atoms with Crippen molar-refractivity contribution in [1.29, 1.82) is 0 Å². The Labute approximate surface area is 179 Å². The third-order valence-corrected chi connectivity index (χ3v) is 5.62. The van der Waals surface area contributed by atoms with E-state index in [0.717, 1.165) is 24.5 Å². The summed E-state index contributed by atoms with van der Waals surface area (Å²) in [4.78, 5) is 20.6. The number of carbonyl (C=O) groups is 1. The van der Waals surface area contributed by atoms with Gasteiger partial charge in [-0.05, 0) is 37.3 Å². The highest BCUT2D eigenvalue weighted by molar-refractivity contribution is 7.93. The van der Waals surface area contributed by atoms with E-state index in [1.807, 2.05) is 0 Å². The number of hydrogen-bond acceptors (Lipinski definition) is 6. The minimum atomic E-state index is -3.27. The predicted octanol–water partition coefficient (Wildman–Crippen LogP) is 3.51. The lowest BCUT2D eigenvalue weighted by molar-refractivity contribution is 0.0941. The van der Waals surface area contributed by atoms with Crippen LogP contribution < -0.4 is 10.6 Å². The van der Waals surface area contributed by atoms with Crippen LogP contribution in [-0.4, -0.2) is 36.6 Å². The molecular weight excluding hydrogens is 431 g/mol. The molecule has 1 aromatic carbocycles. The number of halogens is 2. The second kappa shape index (κ2) is 9.09. The fourth-order valence-corrected chi connectivity index (χ4v) is 3.67. The summed E-state index contributed by atoms with van der Waals surface area (Å²) in [5.74, 6) is -0.198. The standard InChI is InChI=1S/C20H22ClFN4O3S/c1-12(8-9-30(2,28)29)25-20(27)16-10-24-17(11-23-16)26-19(13-6-7-13)14-4-3-5-15(22)18(14)21/h3-5,8-13,19H,6-7H2,1-2H3,(H,24,26)(H,25,27)/b9-8+/t12-,19+/m1/s1. The third kappa shape index (κ3) is 5.99. The molecule has 1 aliphatic rings. The number of nitrogens with zero attached hydrogens (tertiary/aromatic N) is 2. The van der Waals surface area contributed by atoms with Gasteiger partial charge in [0.1, 0.15) is 17.3 Å². The Morgan fingerprint density at radius 2 is 2.03 bits per heavy atom. The molecule has 0 spiro atoms. The van der Waals surface area contributed by atoms with E-state index >= 15 is 0 Å². The molecule has 0 bridgehead atoms. The molecule has 2 atom stereocenters. The largest absolute Gasteiger partial charge is 0.362 e. The summed E-state index contributed by atoms with van der Waals surface area (Å²) in [5.41, 5.74) is 0.751. The van der Waals surface area contributed by atoms with E-state index < -0.39 is 27.6 Å². The Morgan fingerprint density at radius 3 is 2.63 bits per heavy atom. The summed E-state index contributed by atoms with van der Waals surface area (Å²) in [7, 11) is -3.27. The van der Waals surface area contributed by atoms with Crippen LogP contribution in [-0.2, 0) is 9.84 Å². The van der Waals surface area contributed by atoms with Crippen LogP contribution >= 0.6 is 11.6 Å². The Balaban J connectivity index is 1.68. The van der Waals surface area contributed by atoms with Crippen molar-refractivity contribution in [1.82, 2.24) is 15.3 Å². The van der Waals surface area contributed by atoms with Crippen LogP contribution in [0.3, 0.4) is 0 Å². The summed E-state index contributed by atoms with van der Waals surface area (Å²) < 4.78 is 36.2. The summed E-state index contributed by atoms with van der Waals surface area (Å²) in [6.45, 7) is 1.64. The highest BCUT2D eigenvalue weighted by Crippen LogP contribution is 2.44. The van der Waals surface area contributed by atoms with Crippen LogP contribution in [0.5, 0.6) is 0 Å². The van der Waals surface area contributed by atoms with Crippen LogP contribution in [0, 0.1) is 11.7 Å². The zero-order valence-electron chi connectivity index (χ0n) is 16.5. The normalized spacial score (nSPS) is 16.3. The maximum atomic E-state index is 13.9. The van der Waals surface area contributed by atoms with Crippen molar-refractivity contribution >= 4 is 33.2 Å². The minimum Gasteiger partial charge on any atom is -0.362 e. The molecule has 30 heavy (non-hydrogen) atoms. The van der Waals surface area contributed by atoms with Gasteiger partial charge in [0.2, 0.25) is 0 Å². The van der Waals surface area contributed by atoms with Crippen LogP contribution in [0.4, 0.5) is 10.2 Å². The van der Waals surface area contributed by atoms with Gasteiger partial charge in [0, 0.05) is 17.7 Å². The first-order chi connectivity index (χ1) is 14.1. The molecule has 0 aliphatic heterocycles. The molecule has 1 fully saturated rings. The van der Waals surface area contributed by atoms with Gasteiger partial charge in [0.15, 0.2) is 9.84 Å². The number of nitrogens with one attached hydrogen (secondary N) is 2. The van der Waals surface area contributed by atoms with Gasteiger partial charge in [-0.1, -0.05) is 29.8 Å². The lowest BCUT2D eigenvalue weighted by atomic mass is 10.0. The van der Waals surface area contributed by atoms with Gasteiger partial charge in [-0.15, -0.1) is 0 Å². The minimum absolute atomic E-state index is 0.0852. The molecule has 0 saturated heterocycles. The first-order valence-electron chi connectivity index (χ1n) is 9.35. The van der Waals surface area contributed by atoms with E-state index in [4.69, 9.17) is 11.6 Å². The second-order valence-electron chi connectivity index (χ2n) is 7.31. The maximum Gasteiger partial charge on any atom is 0.271 e. The van der Waals surface area contributed by atoms with E-state index in [0.29, 0.717) is 17.3 Å². The first kappa shape index (κ1) is 22.2. The quantitative estimate of drug-likeness (QED) is 0.635. The number of sulfone groups is 1. The molecule has 10 heteroatoms. The highest BCUT2D eigenvalue weighted by atomic mass is 35.5. The topological polar surface area (TPSA) is 101 Å². The van der Waals surface area contributed by atoms with Crippen LogP contribution in [0.15, 0.2) is 42.1 Å². The zero-order valence-corrected chi connectivity index (χ0v) is 18.0. The summed E-state index contributed by atoms with van der Waals surface area (Å²) >= 11 is 6.15. The van der Waals surface area contributed by atoms with Crippen LogP contribution in [0.2, 0.25) is 5.02 Å². The molecule has 1 saturated carbocycles. The Bertz CT molecular complexity index is 1060. The van der Waals surface area contributed by atoms with Gasteiger partial charge in [0.05, 0.1) is 23.5 Å². The molecule has 1 aliphatic carbocycles. The Hall–Kier alpha value is -2.52. The van der Waals surface area contributed by atoms with Gasteiger partial charge in [0.25, 0.3) is 5.91 Å². The van der Waals surface area contributed by atoms with E-state index in [9.17, 15) is 17.6 Å². The Kier molecular flexibility index (Phi) is 6.72. The van der Waals surface area contributed by atoms with Gasteiger partial charge < -0.3 is 10.6 Å². The predicted molar refractivity (Wildman–Crippen MR) is 113 cm³/mol. The number of anilines is 1. The van der Waals surface area contributed by atoms with Gasteiger partial charge in [-0.25, -0.2) is 22.8 Å². The van der Waals surface area contributed by atoms with Crippen molar-refractivity contribution < 1.29 is 17.6 Å². The number of benzene rings is 1. The maximum absolute atomic E-state index is 13.9. The molecule has 2 N–H and O–H groups in total. The second-order valence-corrected chi connectivity index (χ2v) is 9.62. The lowest BCUT2D eigenvalue weighted by Crippen LogP contribution is -2.32. The number of carbonyl (C=O) groups excluding carboxylic acids is 1. The summed E-state index contributed by atoms with van der Waals surface area (Å²) in [6, 6.07) is 4.01. The number of rotatable bonds is 8. The first-order valence-corrected chi connectivity index (χ1v) is 11.7. The Morgan fingerprint density at radius 1 is 1.30 bits per heavy atom. The fourth-order valence-electron chi connectivity index (χ4n) is 2.91. The third-order valence-electron chi connectivity index (χ3n) is 4.57. The SMILES string of the molecule is C[C@H](/C=C/S(C)(=O)=O)NC(=O)c1cnc(N[C@H](c2cccc(F)c2Cl)C2CC2)cn1. The van der Waals surface area contributed by atoms with Gasteiger partial charge in [-0.2, -0.15) is 0 Å². The number of aromatic nitrogens is 2. The molecule has 2 aromatic rings. The van der Waals surface area contributed by atoms with Crippen molar-refractivity contribution in [2.75, 3.05) is 11.6 Å². The van der Waals surface area contributed by atoms with Crippen molar-refractivity contribution in [3.63, 3.8) is 0 Å². The van der Waals surface area contributed by atoms with Crippen molar-refractivity contribution in [2.45, 2.75) is 31.8 Å². The number of hydrogen-bond donors (Lipinski definition) is 2. The number of amides is 1. The van der Waals surface area contributed by atoms with Gasteiger partial charge >= 0.3 is 0 Å². The average molecular weight is 453 g/mol. The summed E-state index contributed by atoms with van der Waals surface area (Å²) in [5, 5.41) is 6.98. The molecule has 0 radical (unpaired) electrons. The molecule has 3 rings (SSSR count). The molecular formula is C20H22ClFN4O3S. The average Bonchev–Trinajstić information content (AvgIpc) is 3.52. The van der Waals surface area contributed by atoms with E-state index in [1.54, 1.807) is 19.1 Å². The van der Waals surface area contributed by atoms with E-state index in [1.165, 1.54) is 24.5 Å². The molecule has 1 amide bonds. The molecule has 1 aromatic heterocycles. The van der Waals surface area contributed by atoms with Crippen molar-refractivity contribution in [2.24, 2.45) is 5.92 Å². The monoisotopic (exact) mass is 452 g/mol. The fraction of sp³-hybridized carbons (Fsp3) is 0.350. The zero-order chi connectivity index (χ0) is 21.9. The van der Waals surface area contributed by atoms with Crippen LogP contribution in [0.25, 0.3) is 0 Å². The van der Waals surface area contributed by atoms with Gasteiger partial charge in [-0.3, -0.25) is 4.79 Å². The van der Waals surface area contributed by atoms with Crippen LogP contribution in [0.1, 0.15) is 41.9 Å². The molecule has 7 nitrogen and oxygen atoms in total. The molecule has 160 valence electrons. The van der Waals surface area contributed by atoms with Crippen molar-refractivity contribution in [3.05, 3.63) is 64.2 Å². The van der Waals surface area contributed by atoms with E-state index in [2.05, 4.69) is 20.6 Å².